The molecule has 0 aliphatic rings. The van der Waals surface area contributed by atoms with Crippen LogP contribution in [0.1, 0.15) is 5.56 Å². The number of rotatable bonds is 5. The van der Waals surface area contributed by atoms with Gasteiger partial charge >= 0.3 is 13.8 Å². The van der Waals surface area contributed by atoms with Crippen LogP contribution in [0.4, 0.5) is 0 Å². The molecule has 0 bridgehead atoms. The number of carbonyl (C=O) groups excluding carboxylic acids is 1. The summed E-state index contributed by atoms with van der Waals surface area (Å²) in [4.78, 5) is 20.1. The second-order valence-electron chi connectivity index (χ2n) is 3.33. The monoisotopic (exact) mass is 288 g/mol. The second-order valence-corrected chi connectivity index (χ2v) is 4.81. The summed E-state index contributed by atoms with van der Waals surface area (Å²) in [5, 5.41) is 9.37. The smallest absolute Gasteiger partial charge is 0.504 e. The number of phosphoric acid groups is 1. The standard InChI is InChI=1S/C11H13O7P/c1-16-10-7-8(3-5-9(10)12)4-6-11(13)18-19(14,15)17-2/h3-7,12H,1-2H3,(H,14,15). The lowest BCUT2D eigenvalue weighted by Gasteiger charge is -2.06. The minimum atomic E-state index is -4.34. The molecule has 0 radical (unpaired) electrons. The Balaban J connectivity index is 2.77. The zero-order valence-electron chi connectivity index (χ0n) is 10.3. The summed E-state index contributed by atoms with van der Waals surface area (Å²) >= 11 is 0. The van der Waals surface area contributed by atoms with Crippen LogP contribution in [0.5, 0.6) is 11.5 Å². The Kier molecular flexibility index (Phi) is 5.11. The van der Waals surface area contributed by atoms with Gasteiger partial charge in [0.05, 0.1) is 7.11 Å². The first kappa shape index (κ1) is 15.2. The van der Waals surface area contributed by atoms with E-state index in [2.05, 4.69) is 9.05 Å². The van der Waals surface area contributed by atoms with Crippen molar-refractivity contribution in [3.8, 4) is 11.5 Å². The van der Waals surface area contributed by atoms with Crippen molar-refractivity contribution in [2.24, 2.45) is 0 Å². The highest BCUT2D eigenvalue weighted by Crippen LogP contribution is 2.42. The summed E-state index contributed by atoms with van der Waals surface area (Å²) in [5.74, 6) is -0.832. The van der Waals surface area contributed by atoms with Crippen molar-refractivity contribution in [2.45, 2.75) is 0 Å². The largest absolute Gasteiger partial charge is 0.529 e. The molecule has 2 N–H and O–H groups in total. The number of ether oxygens (including phenoxy) is 1. The Bertz CT molecular complexity index is 538. The Morgan fingerprint density at radius 3 is 2.63 bits per heavy atom. The quantitative estimate of drug-likeness (QED) is 0.628. The number of benzene rings is 1. The number of phosphoric ester groups is 1. The molecule has 0 saturated carbocycles. The molecule has 7 nitrogen and oxygen atoms in total. The van der Waals surface area contributed by atoms with Crippen LogP contribution < -0.4 is 4.74 Å². The fourth-order valence-electron chi connectivity index (χ4n) is 1.14. The summed E-state index contributed by atoms with van der Waals surface area (Å²) in [6.45, 7) is 0. The van der Waals surface area contributed by atoms with E-state index in [9.17, 15) is 14.5 Å². The zero-order chi connectivity index (χ0) is 14.5. The van der Waals surface area contributed by atoms with Gasteiger partial charge in [-0.15, -0.1) is 0 Å². The molecular weight excluding hydrogens is 275 g/mol. The van der Waals surface area contributed by atoms with Crippen LogP contribution >= 0.6 is 7.82 Å². The van der Waals surface area contributed by atoms with Crippen LogP contribution in [-0.4, -0.2) is 30.2 Å². The molecule has 1 unspecified atom stereocenters. The van der Waals surface area contributed by atoms with Crippen molar-refractivity contribution in [1.82, 2.24) is 0 Å². The molecule has 1 rings (SSSR count). The van der Waals surface area contributed by atoms with Crippen LogP contribution in [-0.2, 0) is 18.4 Å². The first-order valence-electron chi connectivity index (χ1n) is 5.05. The third kappa shape index (κ3) is 4.75. The number of carbonyl (C=O) groups is 1. The van der Waals surface area contributed by atoms with Crippen LogP contribution in [0, 0.1) is 0 Å². The van der Waals surface area contributed by atoms with Crippen molar-refractivity contribution in [1.29, 1.82) is 0 Å². The summed E-state index contributed by atoms with van der Waals surface area (Å²) in [5.41, 5.74) is 0.539. The van der Waals surface area contributed by atoms with Crippen LogP contribution in [0.15, 0.2) is 24.3 Å². The molecule has 0 saturated heterocycles. The van der Waals surface area contributed by atoms with Gasteiger partial charge in [0.2, 0.25) is 0 Å². The SMILES string of the molecule is COc1cc(C=CC(=O)OP(=O)(O)OC)ccc1O. The van der Waals surface area contributed by atoms with Gasteiger partial charge in [0, 0.05) is 13.2 Å². The molecular formula is C11H13O7P. The van der Waals surface area contributed by atoms with E-state index in [1.165, 1.54) is 31.4 Å². The lowest BCUT2D eigenvalue weighted by molar-refractivity contribution is -0.130. The van der Waals surface area contributed by atoms with Gasteiger partial charge < -0.3 is 14.4 Å². The lowest BCUT2D eigenvalue weighted by Crippen LogP contribution is -1.99. The number of hydrogen-bond acceptors (Lipinski definition) is 6. The predicted octanol–water partition coefficient (Wildman–Crippen LogP) is 1.70. The Morgan fingerprint density at radius 2 is 2.05 bits per heavy atom. The summed E-state index contributed by atoms with van der Waals surface area (Å²) < 4.78 is 24.1. The van der Waals surface area contributed by atoms with Gasteiger partial charge in [0.15, 0.2) is 11.5 Å². The molecule has 104 valence electrons. The molecule has 19 heavy (non-hydrogen) atoms. The number of aromatic hydroxyl groups is 1. The third-order valence-corrected chi connectivity index (χ3v) is 2.92. The highest BCUT2D eigenvalue weighted by Gasteiger charge is 2.22. The molecule has 1 aromatic rings. The minimum Gasteiger partial charge on any atom is -0.504 e. The van der Waals surface area contributed by atoms with Crippen LogP contribution in [0.3, 0.4) is 0 Å². The number of hydrogen-bond donors (Lipinski definition) is 2. The first-order chi connectivity index (χ1) is 8.88. The topological polar surface area (TPSA) is 102 Å². The highest BCUT2D eigenvalue weighted by molar-refractivity contribution is 7.48. The summed E-state index contributed by atoms with van der Waals surface area (Å²) in [6.07, 6.45) is 2.29. The van der Waals surface area contributed by atoms with E-state index in [0.29, 0.717) is 5.56 Å². The van der Waals surface area contributed by atoms with Crippen molar-refractivity contribution in [3.05, 3.63) is 29.8 Å². The zero-order valence-corrected chi connectivity index (χ0v) is 11.2. The molecule has 0 spiro atoms. The van der Waals surface area contributed by atoms with E-state index in [1.807, 2.05) is 0 Å². The molecule has 1 aromatic carbocycles. The number of phenols is 1. The molecule has 0 fully saturated rings. The van der Waals surface area contributed by atoms with Gasteiger partial charge in [-0.3, -0.25) is 9.42 Å². The predicted molar refractivity (Wildman–Crippen MR) is 66.6 cm³/mol. The second kappa shape index (κ2) is 6.38. The van der Waals surface area contributed by atoms with E-state index in [-0.39, 0.29) is 11.5 Å². The number of methoxy groups -OCH3 is 1. The van der Waals surface area contributed by atoms with Crippen LogP contribution in [0.2, 0.25) is 0 Å². The van der Waals surface area contributed by atoms with Crippen molar-refractivity contribution in [2.75, 3.05) is 14.2 Å². The van der Waals surface area contributed by atoms with Crippen molar-refractivity contribution < 1.29 is 33.1 Å². The maximum atomic E-state index is 11.2. The average Bonchev–Trinajstić information content (AvgIpc) is 2.37. The van der Waals surface area contributed by atoms with Crippen LogP contribution in [0.25, 0.3) is 6.08 Å². The fourth-order valence-corrected chi connectivity index (χ4v) is 1.51. The number of phenolic OH excluding ortho intramolecular Hbond substituents is 1. The Hall–Kier alpha value is -1.82. The van der Waals surface area contributed by atoms with Gasteiger partial charge in [-0.1, -0.05) is 6.07 Å². The van der Waals surface area contributed by atoms with Gasteiger partial charge in [-0.05, 0) is 23.8 Å². The van der Waals surface area contributed by atoms with Gasteiger partial charge in [-0.2, -0.15) is 0 Å². The van der Waals surface area contributed by atoms with Gasteiger partial charge in [0.25, 0.3) is 0 Å². The average molecular weight is 288 g/mol. The van der Waals surface area contributed by atoms with Crippen molar-refractivity contribution >= 4 is 19.9 Å². The van der Waals surface area contributed by atoms with Gasteiger partial charge in [-0.25, -0.2) is 9.36 Å². The molecule has 0 aliphatic carbocycles. The molecule has 0 amide bonds. The Morgan fingerprint density at radius 1 is 1.37 bits per heavy atom. The molecule has 0 heterocycles. The van der Waals surface area contributed by atoms with Gasteiger partial charge in [0.1, 0.15) is 0 Å². The van der Waals surface area contributed by atoms with Crippen molar-refractivity contribution in [3.63, 3.8) is 0 Å². The molecule has 8 heteroatoms. The van der Waals surface area contributed by atoms with E-state index >= 15 is 0 Å². The molecule has 0 aromatic heterocycles. The summed E-state index contributed by atoms with van der Waals surface area (Å²) in [7, 11) is -2.01. The summed E-state index contributed by atoms with van der Waals surface area (Å²) in [6, 6.07) is 4.39. The third-order valence-electron chi connectivity index (χ3n) is 2.05. The first-order valence-corrected chi connectivity index (χ1v) is 6.54. The molecule has 0 aliphatic heterocycles. The fraction of sp³-hybridized carbons (Fsp3) is 0.182. The normalized spacial score (nSPS) is 14.1. The van der Waals surface area contributed by atoms with E-state index in [0.717, 1.165) is 13.2 Å². The van der Waals surface area contributed by atoms with E-state index in [1.54, 1.807) is 0 Å². The van der Waals surface area contributed by atoms with E-state index in [4.69, 9.17) is 9.63 Å². The molecule has 1 atom stereocenters. The maximum Gasteiger partial charge on any atom is 0.529 e. The lowest BCUT2D eigenvalue weighted by atomic mass is 10.2. The maximum absolute atomic E-state index is 11.2. The minimum absolute atomic E-state index is 0.0403. The Labute approximate surface area is 109 Å². The highest BCUT2D eigenvalue weighted by atomic mass is 31.2. The van der Waals surface area contributed by atoms with E-state index < -0.39 is 13.8 Å².